The summed E-state index contributed by atoms with van der Waals surface area (Å²) in [5.41, 5.74) is -0.231. The Morgan fingerprint density at radius 2 is 1.96 bits per heavy atom. The number of ether oxygens (including phenoxy) is 1. The van der Waals surface area contributed by atoms with Crippen molar-refractivity contribution in [1.82, 2.24) is 14.4 Å². The molecule has 27 heavy (non-hydrogen) atoms. The van der Waals surface area contributed by atoms with Gasteiger partial charge < -0.3 is 19.1 Å². The maximum atomic E-state index is 12.7. The number of carbonyl (C=O) groups excluding carboxylic acids is 2. The Balaban J connectivity index is 1.63. The van der Waals surface area contributed by atoms with E-state index in [2.05, 4.69) is 13.8 Å². The predicted octanol–water partition coefficient (Wildman–Crippen LogP) is 2.48. The molecule has 1 unspecified atom stereocenters. The molecular weight excluding hydrogens is 346 g/mol. The molecule has 3 heterocycles. The highest BCUT2D eigenvalue weighted by molar-refractivity contribution is 5.94. The molecule has 7 nitrogen and oxygen atoms in total. The van der Waals surface area contributed by atoms with Crippen molar-refractivity contribution in [3.8, 4) is 0 Å². The van der Waals surface area contributed by atoms with Crippen molar-refractivity contribution in [2.75, 3.05) is 19.6 Å². The molecule has 1 spiro atoms. The minimum absolute atomic E-state index is 0.134. The number of rotatable bonds is 5. The quantitative estimate of drug-likeness (QED) is 0.793. The average molecular weight is 375 g/mol. The number of likely N-dealkylation sites (tertiary alicyclic amines) is 1. The van der Waals surface area contributed by atoms with Crippen LogP contribution < -0.4 is 5.56 Å². The van der Waals surface area contributed by atoms with Gasteiger partial charge in [-0.25, -0.2) is 4.79 Å². The lowest BCUT2D eigenvalue weighted by molar-refractivity contribution is 0.00305. The third-order valence-corrected chi connectivity index (χ3v) is 5.78. The summed E-state index contributed by atoms with van der Waals surface area (Å²) in [6.45, 7) is 8.29. The molecular formula is C20H29N3O4. The summed E-state index contributed by atoms with van der Waals surface area (Å²) in [4.78, 5) is 40.6. The summed E-state index contributed by atoms with van der Waals surface area (Å²) in [6.07, 6.45) is 4.67. The van der Waals surface area contributed by atoms with Crippen LogP contribution in [0.4, 0.5) is 4.79 Å². The van der Waals surface area contributed by atoms with Crippen LogP contribution in [0.1, 0.15) is 56.8 Å². The van der Waals surface area contributed by atoms with Crippen molar-refractivity contribution in [2.24, 2.45) is 0 Å². The van der Waals surface area contributed by atoms with Gasteiger partial charge in [-0.1, -0.05) is 13.3 Å². The number of amides is 2. The first-order valence-corrected chi connectivity index (χ1v) is 9.88. The molecule has 0 saturated carbocycles. The number of aryl methyl sites for hydroxylation is 1. The van der Waals surface area contributed by atoms with E-state index in [0.717, 1.165) is 12.8 Å². The van der Waals surface area contributed by atoms with Gasteiger partial charge in [0.25, 0.3) is 11.5 Å². The van der Waals surface area contributed by atoms with E-state index in [1.165, 1.54) is 6.07 Å². The molecule has 2 amide bonds. The van der Waals surface area contributed by atoms with E-state index >= 15 is 0 Å². The highest BCUT2D eigenvalue weighted by atomic mass is 16.6. The summed E-state index contributed by atoms with van der Waals surface area (Å²) < 4.78 is 7.31. The molecule has 0 bridgehead atoms. The molecule has 1 aromatic rings. The second-order valence-electron chi connectivity index (χ2n) is 7.65. The number of nitrogens with zero attached hydrogens (tertiary/aromatic N) is 3. The Labute approximate surface area is 159 Å². The number of piperidine rings is 1. The van der Waals surface area contributed by atoms with Crippen molar-refractivity contribution in [3.05, 3.63) is 34.2 Å². The Bertz CT molecular complexity index is 765. The number of pyridine rings is 1. The lowest BCUT2D eigenvalue weighted by Gasteiger charge is -2.37. The van der Waals surface area contributed by atoms with Crippen LogP contribution in [0, 0.1) is 0 Å². The Kier molecular flexibility index (Phi) is 5.58. The van der Waals surface area contributed by atoms with Crippen molar-refractivity contribution < 1.29 is 14.3 Å². The van der Waals surface area contributed by atoms with E-state index in [-0.39, 0.29) is 23.6 Å². The maximum absolute atomic E-state index is 12.7. The summed E-state index contributed by atoms with van der Waals surface area (Å²) in [5.74, 6) is -0.134. The van der Waals surface area contributed by atoms with E-state index in [0.29, 0.717) is 44.6 Å². The largest absolute Gasteiger partial charge is 0.441 e. The highest BCUT2D eigenvalue weighted by Crippen LogP contribution is 2.35. The average Bonchev–Trinajstić information content (AvgIpc) is 2.98. The zero-order valence-electron chi connectivity index (χ0n) is 16.4. The lowest BCUT2D eigenvalue weighted by Crippen LogP contribution is -2.49. The minimum Gasteiger partial charge on any atom is -0.441 e. The molecule has 148 valence electrons. The fourth-order valence-electron chi connectivity index (χ4n) is 4.02. The standard InChI is InChI=1S/C20H29N3O4/c1-4-6-15(3)23-14-20(27-19(23)26)8-11-22(12-9-20)18(25)16-7-10-21(5-2)17(24)13-16/h7,10,13,15H,4-6,8-9,11-12,14H2,1-3H3. The fraction of sp³-hybridized carbons (Fsp3) is 0.650. The molecule has 2 fully saturated rings. The SMILES string of the molecule is CCCC(C)N1CC2(CCN(C(=O)c3ccn(CC)c(=O)c3)CC2)OC1=O. The molecule has 0 aromatic carbocycles. The van der Waals surface area contributed by atoms with Gasteiger partial charge in [-0.3, -0.25) is 9.59 Å². The van der Waals surface area contributed by atoms with Crippen LogP contribution >= 0.6 is 0 Å². The van der Waals surface area contributed by atoms with Crippen LogP contribution in [0.15, 0.2) is 23.1 Å². The second-order valence-corrected chi connectivity index (χ2v) is 7.65. The molecule has 1 aromatic heterocycles. The maximum Gasteiger partial charge on any atom is 0.410 e. The topological polar surface area (TPSA) is 71.8 Å². The van der Waals surface area contributed by atoms with Gasteiger partial charge >= 0.3 is 6.09 Å². The number of aromatic nitrogens is 1. The molecule has 7 heteroatoms. The molecule has 2 aliphatic rings. The first kappa shape index (κ1) is 19.5. The molecule has 3 rings (SSSR count). The summed E-state index contributed by atoms with van der Waals surface area (Å²) in [7, 11) is 0. The van der Waals surface area contributed by atoms with Gasteiger partial charge in [0.2, 0.25) is 0 Å². The van der Waals surface area contributed by atoms with Gasteiger partial charge in [-0.15, -0.1) is 0 Å². The van der Waals surface area contributed by atoms with Crippen molar-refractivity contribution in [2.45, 2.75) is 64.6 Å². The zero-order valence-corrected chi connectivity index (χ0v) is 16.4. The van der Waals surface area contributed by atoms with Gasteiger partial charge in [0.15, 0.2) is 0 Å². The monoisotopic (exact) mass is 375 g/mol. The van der Waals surface area contributed by atoms with Gasteiger partial charge in [-0.2, -0.15) is 0 Å². The number of carbonyl (C=O) groups is 2. The first-order valence-electron chi connectivity index (χ1n) is 9.88. The van der Waals surface area contributed by atoms with E-state index in [1.54, 1.807) is 21.7 Å². The van der Waals surface area contributed by atoms with E-state index in [9.17, 15) is 14.4 Å². The van der Waals surface area contributed by atoms with Gasteiger partial charge in [-0.05, 0) is 26.3 Å². The smallest absolute Gasteiger partial charge is 0.410 e. The molecule has 1 atom stereocenters. The number of hydrogen-bond acceptors (Lipinski definition) is 4. The second kappa shape index (κ2) is 7.74. The third-order valence-electron chi connectivity index (χ3n) is 5.78. The van der Waals surface area contributed by atoms with Gasteiger partial charge in [0.05, 0.1) is 6.54 Å². The highest BCUT2D eigenvalue weighted by Gasteiger charge is 2.48. The molecule has 2 aliphatic heterocycles. The van der Waals surface area contributed by atoms with Gasteiger partial charge in [0.1, 0.15) is 5.60 Å². The van der Waals surface area contributed by atoms with Crippen LogP contribution in [-0.2, 0) is 11.3 Å². The van der Waals surface area contributed by atoms with E-state index in [4.69, 9.17) is 4.74 Å². The van der Waals surface area contributed by atoms with Crippen LogP contribution in [-0.4, -0.2) is 57.6 Å². The number of hydrogen-bond donors (Lipinski definition) is 0. The van der Waals surface area contributed by atoms with E-state index < -0.39 is 5.60 Å². The molecule has 0 aliphatic carbocycles. The van der Waals surface area contributed by atoms with Gasteiger partial charge in [0, 0.05) is 56.3 Å². The molecule has 0 N–H and O–H groups in total. The molecule has 0 radical (unpaired) electrons. The van der Waals surface area contributed by atoms with Crippen LogP contribution in [0.2, 0.25) is 0 Å². The summed E-state index contributed by atoms with van der Waals surface area (Å²) >= 11 is 0. The Morgan fingerprint density at radius 3 is 2.56 bits per heavy atom. The van der Waals surface area contributed by atoms with Crippen molar-refractivity contribution >= 4 is 12.0 Å². The third kappa shape index (κ3) is 3.87. The summed E-state index contributed by atoms with van der Waals surface area (Å²) in [6, 6.07) is 3.27. The zero-order chi connectivity index (χ0) is 19.6. The predicted molar refractivity (Wildman–Crippen MR) is 102 cm³/mol. The van der Waals surface area contributed by atoms with Crippen LogP contribution in [0.3, 0.4) is 0 Å². The first-order chi connectivity index (χ1) is 12.9. The normalized spacial score (nSPS) is 20.0. The summed E-state index contributed by atoms with van der Waals surface area (Å²) in [5, 5.41) is 0. The van der Waals surface area contributed by atoms with Crippen LogP contribution in [0.5, 0.6) is 0 Å². The minimum atomic E-state index is -0.485. The van der Waals surface area contributed by atoms with Crippen molar-refractivity contribution in [1.29, 1.82) is 0 Å². The van der Waals surface area contributed by atoms with E-state index in [1.807, 2.05) is 11.8 Å². The molecule has 2 saturated heterocycles. The van der Waals surface area contributed by atoms with Crippen molar-refractivity contribution in [3.63, 3.8) is 0 Å². The van der Waals surface area contributed by atoms with Crippen LogP contribution in [0.25, 0.3) is 0 Å². The fourth-order valence-corrected chi connectivity index (χ4v) is 4.02. The lowest BCUT2D eigenvalue weighted by atomic mass is 9.90. The Morgan fingerprint density at radius 1 is 1.26 bits per heavy atom. The Hall–Kier alpha value is -2.31.